The molecule has 1 aromatic carbocycles. The van der Waals surface area contributed by atoms with Crippen LogP contribution >= 0.6 is 0 Å². The van der Waals surface area contributed by atoms with Crippen LogP contribution in [0.2, 0.25) is 0 Å². The van der Waals surface area contributed by atoms with Gasteiger partial charge in [0.05, 0.1) is 10.5 Å². The second-order valence-electron chi connectivity index (χ2n) is 4.09. The molecule has 0 atom stereocenters. The van der Waals surface area contributed by atoms with E-state index in [1.165, 1.54) is 6.07 Å². The van der Waals surface area contributed by atoms with E-state index in [1.807, 2.05) is 0 Å². The van der Waals surface area contributed by atoms with Crippen molar-refractivity contribution in [3.63, 3.8) is 0 Å². The fraction of sp³-hybridized carbons (Fsp3) is 0.273. The normalized spacial score (nSPS) is 14.0. The average Bonchev–Trinajstić information content (AvgIpc) is 3.12. The lowest BCUT2D eigenvalue weighted by Crippen LogP contribution is -2.14. The van der Waals surface area contributed by atoms with Gasteiger partial charge < -0.3 is 10.4 Å². The Labute approximate surface area is 102 Å². The Morgan fingerprint density at radius 1 is 1.33 bits per heavy atom. The topological polar surface area (TPSA) is 110 Å². The van der Waals surface area contributed by atoms with E-state index in [-0.39, 0.29) is 28.8 Å². The first-order valence-corrected chi connectivity index (χ1v) is 5.31. The molecule has 7 heteroatoms. The van der Waals surface area contributed by atoms with E-state index < -0.39 is 10.9 Å². The number of carboxylic acid groups (broad SMARTS) is 1. The third kappa shape index (κ3) is 2.62. The molecule has 0 unspecified atom stereocenters. The number of hydrogen-bond acceptors (Lipinski definition) is 4. The lowest BCUT2D eigenvalue weighted by atomic mass is 10.1. The molecule has 1 fully saturated rings. The van der Waals surface area contributed by atoms with E-state index in [0.717, 1.165) is 25.0 Å². The first-order valence-electron chi connectivity index (χ1n) is 5.31. The van der Waals surface area contributed by atoms with Crippen molar-refractivity contribution in [1.82, 2.24) is 0 Å². The number of hydrogen-bond donors (Lipinski definition) is 2. The lowest BCUT2D eigenvalue weighted by Gasteiger charge is -2.05. The molecule has 1 aromatic rings. The molecule has 0 spiro atoms. The minimum absolute atomic E-state index is 0.0578. The van der Waals surface area contributed by atoms with Gasteiger partial charge in [0, 0.05) is 23.7 Å². The van der Waals surface area contributed by atoms with Gasteiger partial charge >= 0.3 is 5.97 Å². The number of amides is 1. The number of nitro groups is 1. The van der Waals surface area contributed by atoms with Crippen LogP contribution in [0.4, 0.5) is 11.4 Å². The van der Waals surface area contributed by atoms with Crippen LogP contribution in [0.15, 0.2) is 18.2 Å². The van der Waals surface area contributed by atoms with Crippen molar-refractivity contribution in [3.8, 4) is 0 Å². The summed E-state index contributed by atoms with van der Waals surface area (Å²) < 4.78 is 0. The highest BCUT2D eigenvalue weighted by Gasteiger charge is 2.30. The van der Waals surface area contributed by atoms with Gasteiger partial charge in [-0.2, -0.15) is 0 Å². The van der Waals surface area contributed by atoms with Gasteiger partial charge in [-0.25, -0.2) is 4.79 Å². The zero-order valence-electron chi connectivity index (χ0n) is 9.25. The monoisotopic (exact) mass is 250 g/mol. The number of carboxylic acids is 1. The maximum Gasteiger partial charge on any atom is 0.336 e. The van der Waals surface area contributed by atoms with Gasteiger partial charge in [-0.1, -0.05) is 0 Å². The van der Waals surface area contributed by atoms with Crippen LogP contribution in [0.3, 0.4) is 0 Å². The first kappa shape index (κ1) is 12.0. The fourth-order valence-electron chi connectivity index (χ4n) is 1.50. The van der Waals surface area contributed by atoms with Gasteiger partial charge in [0.15, 0.2) is 0 Å². The van der Waals surface area contributed by atoms with E-state index in [2.05, 4.69) is 5.32 Å². The van der Waals surface area contributed by atoms with Crippen LogP contribution in [-0.4, -0.2) is 21.9 Å². The highest BCUT2D eigenvalue weighted by molar-refractivity contribution is 5.96. The number of anilines is 1. The molecule has 1 aliphatic rings. The third-order valence-corrected chi connectivity index (χ3v) is 2.59. The predicted molar refractivity (Wildman–Crippen MR) is 61.4 cm³/mol. The number of rotatable bonds is 4. The minimum atomic E-state index is -1.28. The lowest BCUT2D eigenvalue weighted by molar-refractivity contribution is -0.384. The Bertz CT molecular complexity index is 504. The summed E-state index contributed by atoms with van der Waals surface area (Å²) in [5, 5.41) is 22.0. The van der Waals surface area contributed by atoms with Crippen LogP contribution in [0.25, 0.3) is 0 Å². The zero-order valence-corrected chi connectivity index (χ0v) is 9.25. The van der Waals surface area contributed by atoms with Crippen LogP contribution in [0.5, 0.6) is 0 Å². The molecule has 1 saturated carbocycles. The smallest absolute Gasteiger partial charge is 0.336 e. The SMILES string of the molecule is O=C(O)c1cc(NC(=O)C2CC2)cc([N+](=O)[O-])c1. The Morgan fingerprint density at radius 3 is 2.50 bits per heavy atom. The second kappa shape index (κ2) is 4.44. The van der Waals surface area contributed by atoms with Gasteiger partial charge in [0.25, 0.3) is 5.69 Å². The Kier molecular flexibility index (Phi) is 2.97. The summed E-state index contributed by atoms with van der Waals surface area (Å²) in [6.45, 7) is 0. The van der Waals surface area contributed by atoms with Crippen molar-refractivity contribution in [3.05, 3.63) is 33.9 Å². The average molecular weight is 250 g/mol. The summed E-state index contributed by atoms with van der Waals surface area (Å²) >= 11 is 0. The molecular formula is C11H10N2O5. The largest absolute Gasteiger partial charge is 0.478 e. The Morgan fingerprint density at radius 2 is 2.00 bits per heavy atom. The van der Waals surface area contributed by atoms with Crippen molar-refractivity contribution < 1.29 is 19.6 Å². The number of aromatic carboxylic acids is 1. The highest BCUT2D eigenvalue weighted by Crippen LogP contribution is 2.31. The quantitative estimate of drug-likeness (QED) is 0.623. The molecular weight excluding hydrogens is 240 g/mol. The second-order valence-corrected chi connectivity index (χ2v) is 4.09. The third-order valence-electron chi connectivity index (χ3n) is 2.59. The predicted octanol–water partition coefficient (Wildman–Crippen LogP) is 1.64. The number of nitrogens with one attached hydrogen (secondary N) is 1. The van der Waals surface area contributed by atoms with E-state index in [9.17, 15) is 19.7 Å². The maximum atomic E-state index is 11.5. The molecule has 1 aliphatic carbocycles. The summed E-state index contributed by atoms with van der Waals surface area (Å²) in [7, 11) is 0. The molecule has 2 N–H and O–H groups in total. The van der Waals surface area contributed by atoms with Gasteiger partial charge in [-0.05, 0) is 18.9 Å². The molecule has 0 radical (unpaired) electrons. The number of nitro benzene ring substituents is 1. The molecule has 0 bridgehead atoms. The summed E-state index contributed by atoms with van der Waals surface area (Å²) in [6.07, 6.45) is 1.60. The summed E-state index contributed by atoms with van der Waals surface area (Å²) in [5.41, 5.74) is -0.449. The fourth-order valence-corrected chi connectivity index (χ4v) is 1.50. The van der Waals surface area contributed by atoms with Crippen molar-refractivity contribution in [2.75, 3.05) is 5.32 Å². The van der Waals surface area contributed by atoms with E-state index >= 15 is 0 Å². The molecule has 0 aliphatic heterocycles. The van der Waals surface area contributed by atoms with Gasteiger partial charge in [-0.15, -0.1) is 0 Å². The number of carbonyl (C=O) groups excluding carboxylic acids is 1. The molecule has 0 saturated heterocycles. The molecule has 1 amide bonds. The Balaban J connectivity index is 2.30. The highest BCUT2D eigenvalue weighted by atomic mass is 16.6. The van der Waals surface area contributed by atoms with Crippen LogP contribution in [0, 0.1) is 16.0 Å². The molecule has 7 nitrogen and oxygen atoms in total. The first-order chi connectivity index (χ1) is 8.47. The molecule has 94 valence electrons. The summed E-state index contributed by atoms with van der Waals surface area (Å²) in [4.78, 5) is 32.3. The summed E-state index contributed by atoms with van der Waals surface area (Å²) in [6, 6.07) is 3.30. The van der Waals surface area contributed by atoms with E-state index in [0.29, 0.717) is 0 Å². The van der Waals surface area contributed by atoms with Gasteiger partial charge in [0.1, 0.15) is 0 Å². The Hall–Kier alpha value is -2.44. The minimum Gasteiger partial charge on any atom is -0.478 e. The van der Waals surface area contributed by atoms with E-state index in [1.54, 1.807) is 0 Å². The van der Waals surface area contributed by atoms with E-state index in [4.69, 9.17) is 5.11 Å². The van der Waals surface area contributed by atoms with Crippen molar-refractivity contribution >= 4 is 23.3 Å². The molecule has 2 rings (SSSR count). The standard InChI is InChI=1S/C11H10N2O5/c14-10(6-1-2-6)12-8-3-7(11(15)16)4-9(5-8)13(17)18/h3-6H,1-2H2,(H,12,14)(H,15,16). The summed E-state index contributed by atoms with van der Waals surface area (Å²) in [5.74, 6) is -1.56. The molecule has 0 heterocycles. The number of carbonyl (C=O) groups is 2. The molecule has 0 aromatic heterocycles. The van der Waals surface area contributed by atoms with Crippen molar-refractivity contribution in [2.45, 2.75) is 12.8 Å². The maximum absolute atomic E-state index is 11.5. The van der Waals surface area contributed by atoms with Gasteiger partial charge in [-0.3, -0.25) is 14.9 Å². The number of non-ortho nitro benzene ring substituents is 1. The van der Waals surface area contributed by atoms with Crippen molar-refractivity contribution in [2.24, 2.45) is 5.92 Å². The number of nitrogens with zero attached hydrogens (tertiary/aromatic N) is 1. The molecule has 18 heavy (non-hydrogen) atoms. The van der Waals surface area contributed by atoms with Crippen LogP contribution < -0.4 is 5.32 Å². The van der Waals surface area contributed by atoms with Crippen LogP contribution in [-0.2, 0) is 4.79 Å². The van der Waals surface area contributed by atoms with Crippen molar-refractivity contribution in [1.29, 1.82) is 0 Å². The zero-order chi connectivity index (χ0) is 13.3. The van der Waals surface area contributed by atoms with Crippen LogP contribution in [0.1, 0.15) is 23.2 Å². The number of benzene rings is 1. The van der Waals surface area contributed by atoms with Gasteiger partial charge in [0.2, 0.25) is 5.91 Å².